The molecule has 4 nitrogen and oxygen atoms in total. The molecule has 1 atom stereocenters. The van der Waals surface area contributed by atoms with E-state index in [1.54, 1.807) is 22.5 Å². The number of halogens is 2. The highest BCUT2D eigenvalue weighted by molar-refractivity contribution is 9.11. The van der Waals surface area contributed by atoms with Gasteiger partial charge in [0, 0.05) is 21.5 Å². The van der Waals surface area contributed by atoms with Gasteiger partial charge >= 0.3 is 0 Å². The Kier molecular flexibility index (Phi) is 5.64. The van der Waals surface area contributed by atoms with Gasteiger partial charge in [-0.1, -0.05) is 22.4 Å². The summed E-state index contributed by atoms with van der Waals surface area (Å²) in [5.74, 6) is 0. The van der Waals surface area contributed by atoms with E-state index in [-0.39, 0.29) is 6.04 Å². The van der Waals surface area contributed by atoms with E-state index >= 15 is 0 Å². The fraction of sp³-hybridized carbons (Fsp3) is 0.538. The molecule has 1 aromatic carbocycles. The summed E-state index contributed by atoms with van der Waals surface area (Å²) in [7, 11) is -3.47. The van der Waals surface area contributed by atoms with Crippen LogP contribution in [0.5, 0.6) is 0 Å². The Morgan fingerprint density at radius 3 is 2.70 bits per heavy atom. The Balaban J connectivity index is 2.37. The first-order valence-corrected chi connectivity index (χ1v) is 9.66. The number of benzene rings is 1. The molecule has 0 aliphatic carbocycles. The zero-order valence-electron chi connectivity index (χ0n) is 11.1. The van der Waals surface area contributed by atoms with E-state index in [0.717, 1.165) is 23.7 Å². The van der Waals surface area contributed by atoms with Crippen LogP contribution in [-0.2, 0) is 10.0 Å². The number of hydrogen-bond donors (Lipinski definition) is 1. The predicted molar refractivity (Wildman–Crippen MR) is 87.0 cm³/mol. The van der Waals surface area contributed by atoms with Crippen LogP contribution in [0.25, 0.3) is 0 Å². The third-order valence-electron chi connectivity index (χ3n) is 3.55. The number of sulfonamides is 1. The highest BCUT2D eigenvalue weighted by atomic mass is 79.9. The van der Waals surface area contributed by atoms with E-state index in [9.17, 15) is 8.42 Å². The van der Waals surface area contributed by atoms with Crippen molar-refractivity contribution in [2.24, 2.45) is 5.73 Å². The second-order valence-corrected chi connectivity index (χ2v) is 8.55. The van der Waals surface area contributed by atoms with Gasteiger partial charge in [0.25, 0.3) is 0 Å². The topological polar surface area (TPSA) is 63.4 Å². The van der Waals surface area contributed by atoms with Crippen molar-refractivity contribution < 1.29 is 8.42 Å². The monoisotopic (exact) mass is 424 g/mol. The number of nitrogens with zero attached hydrogens (tertiary/aromatic N) is 1. The van der Waals surface area contributed by atoms with Gasteiger partial charge in [-0.05, 0) is 59.9 Å². The second kappa shape index (κ2) is 6.87. The summed E-state index contributed by atoms with van der Waals surface area (Å²) in [4.78, 5) is 0.324. The lowest BCUT2D eigenvalue weighted by atomic mass is 10.0. The van der Waals surface area contributed by atoms with Crippen molar-refractivity contribution in [2.45, 2.75) is 36.6 Å². The molecule has 0 spiro atoms. The van der Waals surface area contributed by atoms with Gasteiger partial charge in [-0.2, -0.15) is 4.31 Å². The fourth-order valence-electron chi connectivity index (χ4n) is 2.58. The maximum atomic E-state index is 12.8. The van der Waals surface area contributed by atoms with E-state index in [1.165, 1.54) is 0 Å². The zero-order valence-corrected chi connectivity index (χ0v) is 15.0. The molecule has 0 radical (unpaired) electrons. The highest BCUT2D eigenvalue weighted by Gasteiger charge is 2.34. The molecule has 7 heteroatoms. The van der Waals surface area contributed by atoms with E-state index < -0.39 is 10.0 Å². The molecule has 112 valence electrons. The Hall–Kier alpha value is 0.0500. The van der Waals surface area contributed by atoms with Crippen molar-refractivity contribution >= 4 is 41.9 Å². The molecule has 20 heavy (non-hydrogen) atoms. The van der Waals surface area contributed by atoms with Crippen molar-refractivity contribution in [3.8, 4) is 0 Å². The van der Waals surface area contributed by atoms with Crippen molar-refractivity contribution in [2.75, 3.05) is 13.1 Å². The molecule has 1 aliphatic rings. The molecule has 2 rings (SSSR count). The minimum Gasteiger partial charge on any atom is -0.330 e. The lowest BCUT2D eigenvalue weighted by molar-refractivity contribution is 0.243. The van der Waals surface area contributed by atoms with E-state index in [1.807, 2.05) is 0 Å². The first kappa shape index (κ1) is 16.4. The van der Waals surface area contributed by atoms with Gasteiger partial charge in [-0.3, -0.25) is 0 Å². The molecule has 1 aliphatic heterocycles. The molecule has 1 unspecified atom stereocenters. The highest BCUT2D eigenvalue weighted by Crippen LogP contribution is 2.32. The van der Waals surface area contributed by atoms with Crippen molar-refractivity contribution in [3.63, 3.8) is 0 Å². The minimum atomic E-state index is -3.47. The summed E-state index contributed by atoms with van der Waals surface area (Å²) >= 11 is 6.69. The van der Waals surface area contributed by atoms with E-state index in [2.05, 4.69) is 31.9 Å². The van der Waals surface area contributed by atoms with Crippen LogP contribution in [0.3, 0.4) is 0 Å². The smallest absolute Gasteiger partial charge is 0.244 e. The van der Waals surface area contributed by atoms with Gasteiger partial charge in [0.2, 0.25) is 10.0 Å². The van der Waals surface area contributed by atoms with Crippen LogP contribution in [0.1, 0.15) is 25.7 Å². The molecule has 0 bridgehead atoms. The number of piperidine rings is 1. The Morgan fingerprint density at radius 1 is 1.30 bits per heavy atom. The minimum absolute atomic E-state index is 0.0225. The summed E-state index contributed by atoms with van der Waals surface area (Å²) in [6.07, 6.45) is 3.59. The Morgan fingerprint density at radius 2 is 2.05 bits per heavy atom. The standard InChI is InChI=1S/C13H18Br2N2O2S/c14-10-4-5-13(12(15)9-10)20(18,19)17-8-2-1-3-11(17)6-7-16/h4-5,9,11H,1-3,6-8,16H2. The maximum Gasteiger partial charge on any atom is 0.244 e. The van der Waals surface area contributed by atoms with Crippen LogP contribution in [0, 0.1) is 0 Å². The predicted octanol–water partition coefficient (Wildman–Crippen LogP) is 3.10. The third-order valence-corrected chi connectivity index (χ3v) is 6.98. The molecule has 2 N–H and O–H groups in total. The molecule has 1 heterocycles. The summed E-state index contributed by atoms with van der Waals surface area (Å²) in [5, 5.41) is 0. The van der Waals surface area contributed by atoms with Gasteiger partial charge < -0.3 is 5.73 Å². The lowest BCUT2D eigenvalue weighted by Gasteiger charge is -2.34. The van der Waals surface area contributed by atoms with Gasteiger partial charge in [-0.15, -0.1) is 0 Å². The lowest BCUT2D eigenvalue weighted by Crippen LogP contribution is -2.44. The SMILES string of the molecule is NCCC1CCCCN1S(=O)(=O)c1ccc(Br)cc1Br. The van der Waals surface area contributed by atoms with Crippen LogP contribution >= 0.6 is 31.9 Å². The quantitative estimate of drug-likeness (QED) is 0.805. The van der Waals surface area contributed by atoms with Crippen molar-refractivity contribution in [1.82, 2.24) is 4.31 Å². The summed E-state index contributed by atoms with van der Waals surface area (Å²) < 4.78 is 28.7. The molecular formula is C13H18Br2N2O2S. The van der Waals surface area contributed by atoms with E-state index in [0.29, 0.717) is 28.9 Å². The van der Waals surface area contributed by atoms with Crippen LogP contribution in [0.2, 0.25) is 0 Å². The van der Waals surface area contributed by atoms with E-state index in [4.69, 9.17) is 5.73 Å². The largest absolute Gasteiger partial charge is 0.330 e. The van der Waals surface area contributed by atoms with Gasteiger partial charge in [0.05, 0.1) is 4.90 Å². The molecule has 0 amide bonds. The Bertz CT molecular complexity index is 576. The average Bonchev–Trinajstić information content (AvgIpc) is 2.39. The van der Waals surface area contributed by atoms with Crippen molar-refractivity contribution in [1.29, 1.82) is 0 Å². The van der Waals surface area contributed by atoms with Gasteiger partial charge in [0.1, 0.15) is 0 Å². The summed E-state index contributed by atoms with van der Waals surface area (Å²) in [5.41, 5.74) is 5.62. The fourth-order valence-corrected chi connectivity index (χ4v) is 6.01. The first-order valence-electron chi connectivity index (χ1n) is 6.64. The van der Waals surface area contributed by atoms with Crippen LogP contribution in [0.4, 0.5) is 0 Å². The van der Waals surface area contributed by atoms with Gasteiger partial charge in [0.15, 0.2) is 0 Å². The average molecular weight is 426 g/mol. The molecule has 1 aromatic rings. The third kappa shape index (κ3) is 3.44. The zero-order chi connectivity index (χ0) is 14.8. The normalized spacial score (nSPS) is 21.1. The number of hydrogen-bond acceptors (Lipinski definition) is 3. The van der Waals surface area contributed by atoms with Crippen LogP contribution in [-0.4, -0.2) is 31.9 Å². The molecule has 0 saturated carbocycles. The summed E-state index contributed by atoms with van der Waals surface area (Å²) in [6, 6.07) is 5.17. The van der Waals surface area contributed by atoms with Crippen LogP contribution < -0.4 is 5.73 Å². The molecular weight excluding hydrogens is 408 g/mol. The molecule has 1 saturated heterocycles. The second-order valence-electron chi connectivity index (χ2n) is 4.92. The summed E-state index contributed by atoms with van der Waals surface area (Å²) in [6.45, 7) is 1.09. The molecule has 1 fully saturated rings. The van der Waals surface area contributed by atoms with Crippen molar-refractivity contribution in [3.05, 3.63) is 27.1 Å². The maximum absolute atomic E-state index is 12.8. The van der Waals surface area contributed by atoms with Crippen LogP contribution in [0.15, 0.2) is 32.0 Å². The molecule has 0 aromatic heterocycles. The van der Waals surface area contributed by atoms with Gasteiger partial charge in [-0.25, -0.2) is 8.42 Å². The Labute approximate surface area is 137 Å². The number of rotatable bonds is 4. The number of nitrogens with two attached hydrogens (primary N) is 1. The first-order chi connectivity index (χ1) is 9.46.